The summed E-state index contributed by atoms with van der Waals surface area (Å²) in [5.74, 6) is 2.39. The highest BCUT2D eigenvalue weighted by molar-refractivity contribution is 7.98. The van der Waals surface area contributed by atoms with Crippen LogP contribution in [-0.4, -0.2) is 32.0 Å². The monoisotopic (exact) mass is 365 g/mol. The minimum absolute atomic E-state index is 0.502. The molecule has 2 heterocycles. The van der Waals surface area contributed by atoms with Gasteiger partial charge in [-0.1, -0.05) is 53.3 Å². The van der Waals surface area contributed by atoms with Crippen molar-refractivity contribution in [2.75, 3.05) is 7.11 Å². The molecule has 0 aliphatic carbocycles. The summed E-state index contributed by atoms with van der Waals surface area (Å²) < 4.78 is 12.5. The van der Waals surface area contributed by atoms with E-state index in [4.69, 9.17) is 9.26 Å². The van der Waals surface area contributed by atoms with Gasteiger partial charge in [0.25, 0.3) is 0 Å². The number of thioether (sulfide) groups is 1. The van der Waals surface area contributed by atoms with Crippen LogP contribution in [0.25, 0.3) is 17.1 Å². The van der Waals surface area contributed by atoms with Crippen molar-refractivity contribution in [1.82, 2.24) is 24.9 Å². The van der Waals surface area contributed by atoms with Gasteiger partial charge in [0.05, 0.1) is 18.6 Å². The third kappa shape index (κ3) is 3.45. The first kappa shape index (κ1) is 16.3. The molecule has 0 atom stereocenters. The summed E-state index contributed by atoms with van der Waals surface area (Å²) in [5.41, 5.74) is 1.85. The van der Waals surface area contributed by atoms with Crippen LogP contribution in [-0.2, 0) is 5.75 Å². The largest absolute Gasteiger partial charge is 0.497 e. The minimum atomic E-state index is 0.502. The lowest BCUT2D eigenvalue weighted by atomic mass is 10.2. The van der Waals surface area contributed by atoms with E-state index in [0.717, 1.165) is 22.2 Å². The van der Waals surface area contributed by atoms with Gasteiger partial charge in [-0.2, -0.15) is 4.98 Å². The van der Waals surface area contributed by atoms with Gasteiger partial charge in [0.15, 0.2) is 5.16 Å². The molecular weight excluding hydrogens is 350 g/mol. The maximum Gasteiger partial charge on any atom is 0.237 e. The first-order valence-electron chi connectivity index (χ1n) is 7.89. The van der Waals surface area contributed by atoms with Gasteiger partial charge in [-0.25, -0.2) is 0 Å². The molecule has 2 aromatic carbocycles. The van der Waals surface area contributed by atoms with Crippen LogP contribution in [0, 0.1) is 0 Å². The molecule has 0 saturated carbocycles. The second kappa shape index (κ2) is 7.40. The second-order valence-electron chi connectivity index (χ2n) is 5.35. The van der Waals surface area contributed by atoms with E-state index >= 15 is 0 Å². The van der Waals surface area contributed by atoms with Crippen LogP contribution >= 0.6 is 11.8 Å². The number of hydrogen-bond donors (Lipinski definition) is 0. The highest BCUT2D eigenvalue weighted by Gasteiger charge is 2.12. The summed E-state index contributed by atoms with van der Waals surface area (Å²) in [6.45, 7) is 0. The van der Waals surface area contributed by atoms with Crippen LogP contribution in [0.5, 0.6) is 5.75 Å². The zero-order chi connectivity index (χ0) is 17.8. The van der Waals surface area contributed by atoms with Gasteiger partial charge < -0.3 is 9.26 Å². The second-order valence-corrected chi connectivity index (χ2v) is 6.29. The Balaban J connectivity index is 1.49. The Morgan fingerprint density at radius 2 is 2.00 bits per heavy atom. The average molecular weight is 365 g/mol. The van der Waals surface area contributed by atoms with Gasteiger partial charge >= 0.3 is 0 Å². The summed E-state index contributed by atoms with van der Waals surface area (Å²) in [6.07, 6.45) is 1.67. The number of methoxy groups -OCH3 is 1. The third-order valence-corrected chi connectivity index (χ3v) is 4.60. The summed E-state index contributed by atoms with van der Waals surface area (Å²) in [7, 11) is 1.64. The molecule has 4 aromatic rings. The molecule has 0 amide bonds. The molecule has 7 nitrogen and oxygen atoms in total. The molecule has 26 heavy (non-hydrogen) atoms. The summed E-state index contributed by atoms with van der Waals surface area (Å²) >= 11 is 1.48. The molecule has 130 valence electrons. The zero-order valence-electron chi connectivity index (χ0n) is 13.9. The molecule has 0 unspecified atom stereocenters. The average Bonchev–Trinajstić information content (AvgIpc) is 3.36. The molecule has 0 radical (unpaired) electrons. The Kier molecular flexibility index (Phi) is 4.65. The Morgan fingerprint density at radius 1 is 1.12 bits per heavy atom. The number of hydrogen-bond acceptors (Lipinski definition) is 7. The van der Waals surface area contributed by atoms with Gasteiger partial charge in [-0.05, 0) is 12.1 Å². The third-order valence-electron chi connectivity index (χ3n) is 3.67. The van der Waals surface area contributed by atoms with Crippen LogP contribution in [0.2, 0.25) is 0 Å². The van der Waals surface area contributed by atoms with E-state index in [-0.39, 0.29) is 0 Å². The van der Waals surface area contributed by atoms with Crippen molar-refractivity contribution < 1.29 is 9.26 Å². The fraction of sp³-hybridized carbons (Fsp3) is 0.111. The quantitative estimate of drug-likeness (QED) is 0.483. The topological polar surface area (TPSA) is 78.9 Å². The van der Waals surface area contributed by atoms with E-state index in [9.17, 15) is 0 Å². The molecule has 0 N–H and O–H groups in total. The number of rotatable bonds is 6. The molecule has 0 spiro atoms. The fourth-order valence-electron chi connectivity index (χ4n) is 2.40. The lowest BCUT2D eigenvalue weighted by molar-refractivity contribution is 0.391. The van der Waals surface area contributed by atoms with Crippen LogP contribution in [0.3, 0.4) is 0 Å². The molecule has 0 aliphatic heterocycles. The van der Waals surface area contributed by atoms with Gasteiger partial charge in [0.1, 0.15) is 12.1 Å². The number of nitrogens with zero attached hydrogens (tertiary/aromatic N) is 5. The molecule has 0 bridgehead atoms. The minimum Gasteiger partial charge on any atom is -0.497 e. The van der Waals surface area contributed by atoms with Crippen LogP contribution in [0.15, 0.2) is 70.6 Å². The maximum atomic E-state index is 5.34. The molecule has 0 aliphatic rings. The molecular formula is C18H15N5O2S. The van der Waals surface area contributed by atoms with Crippen molar-refractivity contribution in [1.29, 1.82) is 0 Å². The highest BCUT2D eigenvalue weighted by atomic mass is 32.2. The standard InChI is InChI=1S/C18H15N5O2S/c1-24-15-9-5-8-14(10-15)23-12-19-21-18(23)26-11-16-20-17(22-25-16)13-6-3-2-4-7-13/h2-10,12H,11H2,1H3. The van der Waals surface area contributed by atoms with Gasteiger partial charge in [-0.3, -0.25) is 4.57 Å². The van der Waals surface area contributed by atoms with E-state index in [2.05, 4.69) is 20.3 Å². The number of ether oxygens (including phenoxy) is 1. The summed E-state index contributed by atoms with van der Waals surface area (Å²) in [4.78, 5) is 4.43. The van der Waals surface area contributed by atoms with Crippen molar-refractivity contribution in [2.45, 2.75) is 10.9 Å². The summed E-state index contributed by atoms with van der Waals surface area (Å²) in [5, 5.41) is 12.9. The van der Waals surface area contributed by atoms with E-state index in [0.29, 0.717) is 17.5 Å². The van der Waals surface area contributed by atoms with E-state index < -0.39 is 0 Å². The van der Waals surface area contributed by atoms with Crippen molar-refractivity contribution in [3.63, 3.8) is 0 Å². The van der Waals surface area contributed by atoms with Crippen LogP contribution in [0.1, 0.15) is 5.89 Å². The van der Waals surface area contributed by atoms with Gasteiger partial charge in [0.2, 0.25) is 11.7 Å². The number of aromatic nitrogens is 5. The number of benzene rings is 2. The van der Waals surface area contributed by atoms with Gasteiger partial charge in [0, 0.05) is 11.6 Å². The van der Waals surface area contributed by atoms with Crippen molar-refractivity contribution in [3.05, 3.63) is 66.8 Å². The van der Waals surface area contributed by atoms with Crippen molar-refractivity contribution in [2.24, 2.45) is 0 Å². The lowest BCUT2D eigenvalue weighted by Crippen LogP contribution is -1.96. The smallest absolute Gasteiger partial charge is 0.237 e. The van der Waals surface area contributed by atoms with Crippen molar-refractivity contribution in [3.8, 4) is 22.8 Å². The SMILES string of the molecule is COc1cccc(-n2cnnc2SCc2nc(-c3ccccc3)no2)c1. The van der Waals surface area contributed by atoms with Gasteiger partial charge in [-0.15, -0.1) is 10.2 Å². The van der Waals surface area contributed by atoms with Crippen molar-refractivity contribution >= 4 is 11.8 Å². The molecule has 2 aromatic heterocycles. The molecule has 0 saturated heterocycles. The highest BCUT2D eigenvalue weighted by Crippen LogP contribution is 2.25. The molecule has 0 fully saturated rings. The van der Waals surface area contributed by atoms with E-state index in [1.807, 2.05) is 59.2 Å². The van der Waals surface area contributed by atoms with Crippen LogP contribution < -0.4 is 4.74 Å². The predicted octanol–water partition coefficient (Wildman–Crippen LogP) is 3.62. The fourth-order valence-corrected chi connectivity index (χ4v) is 3.17. The molecule has 4 rings (SSSR count). The lowest BCUT2D eigenvalue weighted by Gasteiger charge is -2.07. The first-order valence-corrected chi connectivity index (χ1v) is 8.87. The predicted molar refractivity (Wildman–Crippen MR) is 97.2 cm³/mol. The van der Waals surface area contributed by atoms with E-state index in [1.165, 1.54) is 11.8 Å². The zero-order valence-corrected chi connectivity index (χ0v) is 14.8. The maximum absolute atomic E-state index is 5.34. The Labute approximate surface area is 154 Å². The van der Waals surface area contributed by atoms with Crippen LogP contribution in [0.4, 0.5) is 0 Å². The first-order chi connectivity index (χ1) is 12.8. The summed E-state index contributed by atoms with van der Waals surface area (Å²) in [6, 6.07) is 17.4. The normalized spacial score (nSPS) is 10.8. The Bertz CT molecular complexity index is 1000. The van der Waals surface area contributed by atoms with E-state index in [1.54, 1.807) is 13.4 Å². The molecule has 8 heteroatoms. The Hall–Kier alpha value is -3.13. The Morgan fingerprint density at radius 3 is 2.85 bits per heavy atom.